The summed E-state index contributed by atoms with van der Waals surface area (Å²) in [4.78, 5) is 4.30. The van der Waals surface area contributed by atoms with E-state index < -0.39 is 0 Å². The average Bonchev–Trinajstić information content (AvgIpc) is 3.02. The van der Waals surface area contributed by atoms with Crippen LogP contribution in [0.25, 0.3) is 10.2 Å². The van der Waals surface area contributed by atoms with Crippen molar-refractivity contribution < 1.29 is 0 Å². The minimum Gasteiger partial charge on any atom is -0.395 e. The SMILES string of the molecule is Nc1c(NCCCC2CC2)ccc2scnc12. The predicted molar refractivity (Wildman–Crippen MR) is 74.5 cm³/mol. The zero-order chi connectivity index (χ0) is 11.7. The lowest BCUT2D eigenvalue weighted by atomic mass is 10.2. The molecule has 1 fully saturated rings. The van der Waals surface area contributed by atoms with Crippen LogP contribution in [0.3, 0.4) is 0 Å². The fourth-order valence-electron chi connectivity index (χ4n) is 2.13. The van der Waals surface area contributed by atoms with Crippen molar-refractivity contribution in [1.29, 1.82) is 0 Å². The lowest BCUT2D eigenvalue weighted by Crippen LogP contribution is -2.04. The van der Waals surface area contributed by atoms with Gasteiger partial charge < -0.3 is 11.1 Å². The van der Waals surface area contributed by atoms with Gasteiger partial charge in [0.25, 0.3) is 0 Å². The van der Waals surface area contributed by atoms with Gasteiger partial charge in [-0.2, -0.15) is 0 Å². The lowest BCUT2D eigenvalue weighted by molar-refractivity contribution is 0.687. The average molecular weight is 247 g/mol. The molecule has 0 bridgehead atoms. The molecule has 0 saturated heterocycles. The summed E-state index contributed by atoms with van der Waals surface area (Å²) in [6.45, 7) is 1.01. The first-order chi connectivity index (χ1) is 8.34. The van der Waals surface area contributed by atoms with Gasteiger partial charge in [0.05, 0.1) is 21.6 Å². The molecule has 0 spiro atoms. The van der Waals surface area contributed by atoms with E-state index in [1.54, 1.807) is 11.3 Å². The number of nitrogens with one attached hydrogen (secondary N) is 1. The highest BCUT2D eigenvalue weighted by Crippen LogP contribution is 2.34. The quantitative estimate of drug-likeness (QED) is 0.628. The molecule has 1 aliphatic rings. The van der Waals surface area contributed by atoms with Gasteiger partial charge in [0.2, 0.25) is 0 Å². The van der Waals surface area contributed by atoms with Crippen molar-refractivity contribution in [2.24, 2.45) is 5.92 Å². The summed E-state index contributed by atoms with van der Waals surface area (Å²) in [7, 11) is 0. The number of hydrogen-bond acceptors (Lipinski definition) is 4. The Morgan fingerprint density at radius 3 is 3.12 bits per heavy atom. The van der Waals surface area contributed by atoms with Gasteiger partial charge in [-0.3, -0.25) is 0 Å². The zero-order valence-corrected chi connectivity index (χ0v) is 10.6. The van der Waals surface area contributed by atoms with Gasteiger partial charge in [-0.1, -0.05) is 12.8 Å². The van der Waals surface area contributed by atoms with E-state index in [9.17, 15) is 0 Å². The molecule has 17 heavy (non-hydrogen) atoms. The first-order valence-electron chi connectivity index (χ1n) is 6.20. The Balaban J connectivity index is 1.64. The van der Waals surface area contributed by atoms with Gasteiger partial charge in [-0.25, -0.2) is 4.98 Å². The molecule has 1 aromatic heterocycles. The van der Waals surface area contributed by atoms with E-state index in [-0.39, 0.29) is 0 Å². The number of nitrogens with zero attached hydrogens (tertiary/aromatic N) is 1. The second-order valence-corrected chi connectivity index (χ2v) is 5.62. The minimum absolute atomic E-state index is 0.787. The van der Waals surface area contributed by atoms with Crippen molar-refractivity contribution in [2.75, 3.05) is 17.6 Å². The van der Waals surface area contributed by atoms with E-state index in [0.29, 0.717) is 0 Å². The summed E-state index contributed by atoms with van der Waals surface area (Å²) in [6.07, 6.45) is 5.46. The highest BCUT2D eigenvalue weighted by atomic mass is 32.1. The Bertz CT molecular complexity index is 516. The molecule has 0 unspecified atom stereocenters. The number of benzene rings is 1. The topological polar surface area (TPSA) is 50.9 Å². The molecular weight excluding hydrogens is 230 g/mol. The Morgan fingerprint density at radius 1 is 1.41 bits per heavy atom. The first-order valence-corrected chi connectivity index (χ1v) is 7.08. The number of hydrogen-bond donors (Lipinski definition) is 2. The van der Waals surface area contributed by atoms with Crippen molar-refractivity contribution in [3.05, 3.63) is 17.6 Å². The largest absolute Gasteiger partial charge is 0.395 e. The molecule has 1 heterocycles. The van der Waals surface area contributed by atoms with Crippen molar-refractivity contribution in [3.8, 4) is 0 Å². The van der Waals surface area contributed by atoms with E-state index >= 15 is 0 Å². The summed E-state index contributed by atoms with van der Waals surface area (Å²) in [5.74, 6) is 1.01. The molecule has 0 atom stereocenters. The molecule has 3 N–H and O–H groups in total. The van der Waals surface area contributed by atoms with Crippen LogP contribution < -0.4 is 11.1 Å². The maximum atomic E-state index is 6.10. The third kappa shape index (κ3) is 2.36. The number of nitrogens with two attached hydrogens (primary N) is 1. The van der Waals surface area contributed by atoms with Crippen LogP contribution >= 0.6 is 11.3 Å². The van der Waals surface area contributed by atoms with Crippen LogP contribution in [0.15, 0.2) is 17.6 Å². The third-order valence-electron chi connectivity index (χ3n) is 3.34. The Kier molecular flexibility index (Phi) is 2.89. The van der Waals surface area contributed by atoms with E-state index in [1.165, 1.54) is 25.7 Å². The summed E-state index contributed by atoms with van der Waals surface area (Å²) in [5.41, 5.74) is 10.7. The maximum Gasteiger partial charge on any atom is 0.106 e. The molecule has 0 amide bonds. The van der Waals surface area contributed by atoms with Crippen LogP contribution in [0.5, 0.6) is 0 Å². The monoisotopic (exact) mass is 247 g/mol. The summed E-state index contributed by atoms with van der Waals surface area (Å²) < 4.78 is 1.16. The highest BCUT2D eigenvalue weighted by Gasteiger charge is 2.19. The maximum absolute atomic E-state index is 6.10. The van der Waals surface area contributed by atoms with Crippen molar-refractivity contribution in [2.45, 2.75) is 25.7 Å². The number of thiazole rings is 1. The van der Waals surface area contributed by atoms with Crippen LogP contribution in [0.2, 0.25) is 0 Å². The molecule has 1 aromatic carbocycles. The normalized spacial score (nSPS) is 15.3. The fourth-order valence-corrected chi connectivity index (χ4v) is 2.82. The van der Waals surface area contributed by atoms with E-state index in [0.717, 1.165) is 34.1 Å². The van der Waals surface area contributed by atoms with Crippen LogP contribution in [0.4, 0.5) is 11.4 Å². The van der Waals surface area contributed by atoms with Crippen LogP contribution in [0.1, 0.15) is 25.7 Å². The number of nitrogen functional groups attached to an aromatic ring is 1. The standard InChI is InChI=1S/C13H17N3S/c14-12-10(15-7-1-2-9-3-4-9)5-6-11-13(12)16-8-17-11/h5-6,8-9,15H,1-4,7,14H2. The molecular formula is C13H17N3S. The van der Waals surface area contributed by atoms with E-state index in [1.807, 2.05) is 5.51 Å². The number of fused-ring (bicyclic) bond motifs is 1. The van der Waals surface area contributed by atoms with Gasteiger partial charge in [0, 0.05) is 6.54 Å². The van der Waals surface area contributed by atoms with Crippen LogP contribution in [-0.2, 0) is 0 Å². The van der Waals surface area contributed by atoms with Gasteiger partial charge in [0.1, 0.15) is 5.52 Å². The Hall–Kier alpha value is -1.29. The lowest BCUT2D eigenvalue weighted by Gasteiger charge is -2.09. The predicted octanol–water partition coefficient (Wildman–Crippen LogP) is 3.48. The van der Waals surface area contributed by atoms with Crippen LogP contribution in [-0.4, -0.2) is 11.5 Å². The number of rotatable bonds is 5. The van der Waals surface area contributed by atoms with Gasteiger partial charge in [-0.15, -0.1) is 11.3 Å². The molecule has 2 aromatic rings. The fraction of sp³-hybridized carbons (Fsp3) is 0.462. The van der Waals surface area contributed by atoms with Gasteiger partial charge in [-0.05, 0) is 30.9 Å². The molecule has 3 rings (SSSR count). The van der Waals surface area contributed by atoms with Gasteiger partial charge >= 0.3 is 0 Å². The zero-order valence-electron chi connectivity index (χ0n) is 9.78. The third-order valence-corrected chi connectivity index (χ3v) is 4.14. The number of aromatic nitrogens is 1. The molecule has 0 radical (unpaired) electrons. The molecule has 4 heteroatoms. The minimum atomic E-state index is 0.787. The Morgan fingerprint density at radius 2 is 2.29 bits per heavy atom. The highest BCUT2D eigenvalue weighted by molar-refractivity contribution is 7.16. The summed E-state index contributed by atoms with van der Waals surface area (Å²) >= 11 is 1.63. The van der Waals surface area contributed by atoms with Crippen molar-refractivity contribution >= 4 is 32.9 Å². The van der Waals surface area contributed by atoms with Crippen LogP contribution in [0, 0.1) is 5.92 Å². The molecule has 3 nitrogen and oxygen atoms in total. The molecule has 90 valence electrons. The first kappa shape index (κ1) is 10.8. The number of anilines is 2. The second-order valence-electron chi connectivity index (χ2n) is 4.74. The van der Waals surface area contributed by atoms with Crippen molar-refractivity contribution in [1.82, 2.24) is 4.98 Å². The van der Waals surface area contributed by atoms with Gasteiger partial charge in [0.15, 0.2) is 0 Å². The van der Waals surface area contributed by atoms with E-state index in [2.05, 4.69) is 22.4 Å². The molecule has 1 aliphatic carbocycles. The molecule has 0 aliphatic heterocycles. The second kappa shape index (κ2) is 4.53. The summed E-state index contributed by atoms with van der Waals surface area (Å²) in [5, 5.41) is 3.42. The van der Waals surface area contributed by atoms with Crippen molar-refractivity contribution in [3.63, 3.8) is 0 Å². The Labute approximate surface area is 105 Å². The molecule has 1 saturated carbocycles. The van der Waals surface area contributed by atoms with E-state index in [4.69, 9.17) is 5.73 Å². The smallest absolute Gasteiger partial charge is 0.106 e. The summed E-state index contributed by atoms with van der Waals surface area (Å²) in [6, 6.07) is 4.15.